The molecule has 1 aromatic carbocycles. The maximum atomic E-state index is 13.8. The van der Waals surface area contributed by atoms with E-state index in [0.717, 1.165) is 0 Å². The first-order chi connectivity index (χ1) is 15.4. The number of carbonyl (C=O) groups excluding carboxylic acids is 3. The number of ketones is 2. The van der Waals surface area contributed by atoms with Gasteiger partial charge >= 0.3 is 0 Å². The largest absolute Gasteiger partial charge is 0.508 e. The number of likely N-dealkylation sites (N-methyl/N-ethyl adjacent to an activating group) is 1. The van der Waals surface area contributed by atoms with Crippen LogP contribution in [0.1, 0.15) is 42.9 Å². The Labute approximate surface area is 190 Å². The van der Waals surface area contributed by atoms with Gasteiger partial charge in [0.1, 0.15) is 22.8 Å². The maximum absolute atomic E-state index is 13.8. The summed E-state index contributed by atoms with van der Waals surface area (Å²) in [5.74, 6) is -6.72. The molecule has 0 radical (unpaired) electrons. The molecule has 0 aliphatic heterocycles. The van der Waals surface area contributed by atoms with Crippen LogP contribution in [0.5, 0.6) is 5.75 Å². The molecule has 176 valence electrons. The molecule has 3 aliphatic rings. The number of nitrogens with two attached hydrogens (primary N) is 1. The molecule has 5 atom stereocenters. The minimum atomic E-state index is -2.62. The lowest BCUT2D eigenvalue weighted by molar-refractivity contribution is -0.154. The lowest BCUT2D eigenvalue weighted by Gasteiger charge is -2.51. The van der Waals surface area contributed by atoms with Crippen LogP contribution in [0.15, 0.2) is 29.0 Å². The number of aryl methyl sites for hydroxylation is 1. The first-order valence-corrected chi connectivity index (χ1v) is 10.9. The van der Waals surface area contributed by atoms with Crippen molar-refractivity contribution < 1.29 is 34.8 Å². The summed E-state index contributed by atoms with van der Waals surface area (Å²) in [5.41, 5.74) is 3.09. The van der Waals surface area contributed by atoms with Crippen LogP contribution >= 0.6 is 0 Å². The van der Waals surface area contributed by atoms with Crippen molar-refractivity contribution in [3.63, 3.8) is 0 Å². The molecule has 1 aromatic rings. The molecule has 6 N–H and O–H groups in total. The summed E-state index contributed by atoms with van der Waals surface area (Å²) in [6.45, 7) is 3.69. The van der Waals surface area contributed by atoms with Crippen molar-refractivity contribution in [2.75, 3.05) is 14.1 Å². The van der Waals surface area contributed by atoms with Crippen LogP contribution in [0.2, 0.25) is 0 Å². The summed E-state index contributed by atoms with van der Waals surface area (Å²) in [7, 11) is 3.14. The zero-order valence-corrected chi connectivity index (χ0v) is 18.9. The highest BCUT2D eigenvalue weighted by atomic mass is 16.3. The molecular formula is C24H28N2O7. The Kier molecular flexibility index (Phi) is 5.18. The van der Waals surface area contributed by atoms with Crippen LogP contribution in [0, 0.1) is 11.8 Å². The normalized spacial score (nSPS) is 31.5. The summed E-state index contributed by atoms with van der Waals surface area (Å²) in [6.07, 6.45) is 0.570. The van der Waals surface area contributed by atoms with E-state index in [0.29, 0.717) is 17.5 Å². The Bertz CT molecular complexity index is 1170. The quantitative estimate of drug-likeness (QED) is 0.422. The monoisotopic (exact) mass is 456 g/mol. The minimum absolute atomic E-state index is 0.0726. The third-order valence-electron chi connectivity index (χ3n) is 7.56. The molecular weight excluding hydrogens is 428 g/mol. The number of aromatic hydroxyl groups is 1. The van der Waals surface area contributed by atoms with Gasteiger partial charge in [0.15, 0.2) is 11.4 Å². The Morgan fingerprint density at radius 1 is 1.21 bits per heavy atom. The summed E-state index contributed by atoms with van der Waals surface area (Å²) in [6, 6.07) is 2.48. The van der Waals surface area contributed by atoms with Crippen LogP contribution < -0.4 is 5.73 Å². The van der Waals surface area contributed by atoms with E-state index >= 15 is 0 Å². The van der Waals surface area contributed by atoms with Crippen molar-refractivity contribution in [2.45, 2.75) is 44.2 Å². The van der Waals surface area contributed by atoms with Gasteiger partial charge in [-0.1, -0.05) is 26.0 Å². The molecule has 1 amide bonds. The van der Waals surface area contributed by atoms with Crippen LogP contribution in [0.4, 0.5) is 0 Å². The number of aliphatic hydroxyl groups is 3. The Balaban J connectivity index is 2.01. The minimum Gasteiger partial charge on any atom is -0.508 e. The molecule has 0 bridgehead atoms. The predicted octanol–water partition coefficient (Wildman–Crippen LogP) is 1.09. The Morgan fingerprint density at radius 3 is 2.39 bits per heavy atom. The number of carbonyl (C=O) groups is 3. The molecule has 4 rings (SSSR count). The van der Waals surface area contributed by atoms with Crippen molar-refractivity contribution in [3.05, 3.63) is 45.7 Å². The highest BCUT2D eigenvalue weighted by Gasteiger charge is 2.64. The van der Waals surface area contributed by atoms with Gasteiger partial charge in [-0.2, -0.15) is 0 Å². The van der Waals surface area contributed by atoms with E-state index in [9.17, 15) is 34.8 Å². The lowest BCUT2D eigenvalue weighted by atomic mass is 9.55. The van der Waals surface area contributed by atoms with E-state index in [-0.39, 0.29) is 29.2 Å². The maximum Gasteiger partial charge on any atom is 0.255 e. The molecule has 0 spiro atoms. The van der Waals surface area contributed by atoms with Gasteiger partial charge in [-0.25, -0.2) is 0 Å². The smallest absolute Gasteiger partial charge is 0.255 e. The van der Waals surface area contributed by atoms with Crippen molar-refractivity contribution in [2.24, 2.45) is 17.6 Å². The van der Waals surface area contributed by atoms with Crippen LogP contribution in [-0.2, 0) is 20.8 Å². The number of benzene rings is 1. The highest BCUT2D eigenvalue weighted by molar-refractivity contribution is 6.24. The Hall–Kier alpha value is -3.17. The molecule has 33 heavy (non-hydrogen) atoms. The summed E-state index contributed by atoms with van der Waals surface area (Å²) >= 11 is 0. The first-order valence-electron chi connectivity index (χ1n) is 10.9. The standard InChI is InChI=1S/C24H28N2O7/c1-5-10-6-7-11-9(2)12-8-13-17(26(3)4)20(29)16(23(25)32)22(31)24(13,33)21(30)15(12)19(28)14(11)18(10)27/h6-7,9,12-13,17,27-28,31,33H,5,8H2,1-4H3,(H2,25,32)/t9-,12+,13-,17-,24-/m0/s1. The number of phenolic OH excluding ortho intramolecular Hbond substituents is 1. The number of fused-ring (bicyclic) bond motifs is 3. The molecule has 1 fully saturated rings. The van der Waals surface area contributed by atoms with Gasteiger partial charge in [0, 0.05) is 11.5 Å². The van der Waals surface area contributed by atoms with E-state index < -0.39 is 58.0 Å². The molecule has 9 nitrogen and oxygen atoms in total. The number of nitrogens with zero attached hydrogens (tertiary/aromatic N) is 1. The predicted molar refractivity (Wildman–Crippen MR) is 118 cm³/mol. The van der Waals surface area contributed by atoms with Gasteiger partial charge < -0.3 is 26.2 Å². The molecule has 0 unspecified atom stereocenters. The molecule has 0 aromatic heterocycles. The second kappa shape index (κ2) is 7.43. The molecule has 1 saturated carbocycles. The van der Waals surface area contributed by atoms with E-state index in [2.05, 4.69) is 0 Å². The van der Waals surface area contributed by atoms with Crippen molar-refractivity contribution >= 4 is 23.2 Å². The zero-order valence-electron chi connectivity index (χ0n) is 18.9. The molecule has 9 heteroatoms. The molecule has 0 saturated heterocycles. The van der Waals surface area contributed by atoms with Gasteiger partial charge in [0.2, 0.25) is 5.78 Å². The number of hydrogen-bond donors (Lipinski definition) is 5. The summed E-state index contributed by atoms with van der Waals surface area (Å²) in [5, 5.41) is 44.4. The van der Waals surface area contributed by atoms with Crippen LogP contribution in [0.25, 0.3) is 5.76 Å². The number of Topliss-reactive ketones (excluding diaryl/α,β-unsaturated/α-hetero) is 2. The van der Waals surface area contributed by atoms with Crippen molar-refractivity contribution in [3.8, 4) is 5.75 Å². The third kappa shape index (κ3) is 2.82. The van der Waals surface area contributed by atoms with E-state index in [1.165, 1.54) is 4.90 Å². The van der Waals surface area contributed by atoms with Crippen LogP contribution in [-0.4, -0.2) is 68.5 Å². The van der Waals surface area contributed by atoms with Gasteiger partial charge in [-0.15, -0.1) is 0 Å². The summed E-state index contributed by atoms with van der Waals surface area (Å²) in [4.78, 5) is 40.3. The zero-order chi connectivity index (χ0) is 24.6. The second-order valence-corrected chi connectivity index (χ2v) is 9.35. The summed E-state index contributed by atoms with van der Waals surface area (Å²) < 4.78 is 0. The average Bonchev–Trinajstić information content (AvgIpc) is 2.73. The van der Waals surface area contributed by atoms with Crippen LogP contribution in [0.3, 0.4) is 0 Å². The third-order valence-corrected chi connectivity index (χ3v) is 7.56. The van der Waals surface area contributed by atoms with E-state index in [4.69, 9.17) is 5.73 Å². The van der Waals surface area contributed by atoms with Gasteiger partial charge in [0.05, 0.1) is 11.6 Å². The second-order valence-electron chi connectivity index (χ2n) is 9.35. The van der Waals surface area contributed by atoms with Crippen molar-refractivity contribution in [1.82, 2.24) is 4.90 Å². The number of primary amides is 1. The van der Waals surface area contributed by atoms with Gasteiger partial charge in [-0.05, 0) is 49.9 Å². The SMILES string of the molecule is CCc1ccc2c(c1O)C(O)=C1C(=O)[C@]3(O)C(O)=C(C(N)=O)C(=O)[C@@H](N(C)C)[C@@H]3C[C@@H]1[C@H]2C. The van der Waals surface area contributed by atoms with E-state index in [1.54, 1.807) is 26.2 Å². The van der Waals surface area contributed by atoms with Crippen molar-refractivity contribution in [1.29, 1.82) is 0 Å². The van der Waals surface area contributed by atoms with E-state index in [1.807, 2.05) is 13.8 Å². The fraction of sp³-hybridized carbons (Fsp3) is 0.458. The lowest BCUT2D eigenvalue weighted by Crippen LogP contribution is -2.65. The number of phenols is 1. The number of hydrogen-bond acceptors (Lipinski definition) is 8. The Morgan fingerprint density at radius 2 is 1.85 bits per heavy atom. The number of aliphatic hydroxyl groups excluding tert-OH is 2. The topological polar surface area (TPSA) is 161 Å². The average molecular weight is 456 g/mol. The van der Waals surface area contributed by atoms with Gasteiger partial charge in [0.25, 0.3) is 5.91 Å². The number of rotatable bonds is 3. The highest BCUT2D eigenvalue weighted by Crippen LogP contribution is 2.56. The fourth-order valence-corrected chi connectivity index (χ4v) is 5.87. The number of amides is 1. The fourth-order valence-electron chi connectivity index (χ4n) is 5.87. The molecule has 3 aliphatic carbocycles. The molecule has 0 heterocycles. The first kappa shape index (κ1) is 23.0. The van der Waals surface area contributed by atoms with Gasteiger partial charge in [-0.3, -0.25) is 19.3 Å².